The van der Waals surface area contributed by atoms with Gasteiger partial charge in [0.2, 0.25) is 0 Å². The van der Waals surface area contributed by atoms with E-state index in [1.165, 1.54) is 37.8 Å². The minimum atomic E-state index is -0.732. The van der Waals surface area contributed by atoms with Gasteiger partial charge in [0.1, 0.15) is 6.61 Å². The summed E-state index contributed by atoms with van der Waals surface area (Å²) in [6, 6.07) is 11.1. The smallest absolute Gasteiger partial charge is 0.339 e. The van der Waals surface area contributed by atoms with Crippen LogP contribution in [0, 0.1) is 17.0 Å². The quantitative estimate of drug-likeness (QED) is 0.160. The predicted octanol–water partition coefficient (Wildman–Crippen LogP) is 6.17. The van der Waals surface area contributed by atoms with E-state index >= 15 is 0 Å². The molecule has 0 aliphatic carbocycles. The molecule has 2 rings (SSSR count). The third-order valence-electron chi connectivity index (χ3n) is 5.21. The van der Waals surface area contributed by atoms with Crippen LogP contribution in [0.15, 0.2) is 42.5 Å². The van der Waals surface area contributed by atoms with E-state index in [2.05, 4.69) is 6.92 Å². The molecular weight excluding hydrogens is 410 g/mol. The van der Waals surface area contributed by atoms with Crippen LogP contribution in [0.25, 0.3) is 0 Å². The Morgan fingerprint density at radius 1 is 0.844 bits per heavy atom. The molecule has 0 aromatic heterocycles. The molecule has 172 valence electrons. The number of nitro groups is 1. The van der Waals surface area contributed by atoms with Gasteiger partial charge in [-0.2, -0.15) is 0 Å². The summed E-state index contributed by atoms with van der Waals surface area (Å²) in [5.41, 5.74) is 0.898. The van der Waals surface area contributed by atoms with Crippen LogP contribution in [0.3, 0.4) is 0 Å². The molecule has 2 aromatic carbocycles. The number of benzene rings is 2. The Kier molecular flexibility index (Phi) is 10.4. The first-order valence-corrected chi connectivity index (χ1v) is 11.1. The van der Waals surface area contributed by atoms with Crippen molar-refractivity contribution < 1.29 is 24.0 Å². The summed E-state index contributed by atoms with van der Waals surface area (Å²) in [6.07, 6.45) is 7.77. The highest BCUT2D eigenvalue weighted by Crippen LogP contribution is 2.24. The normalized spacial score (nSPS) is 10.6. The van der Waals surface area contributed by atoms with Crippen molar-refractivity contribution in [3.63, 3.8) is 0 Å². The summed E-state index contributed by atoms with van der Waals surface area (Å²) < 4.78 is 10.6. The molecular formula is C25H31NO6. The van der Waals surface area contributed by atoms with Gasteiger partial charge in [0.15, 0.2) is 0 Å². The lowest BCUT2D eigenvalue weighted by Gasteiger charge is -2.10. The molecule has 0 amide bonds. The molecule has 7 nitrogen and oxygen atoms in total. The molecule has 0 N–H and O–H groups in total. The molecule has 32 heavy (non-hydrogen) atoms. The highest BCUT2D eigenvalue weighted by atomic mass is 16.6. The van der Waals surface area contributed by atoms with Gasteiger partial charge < -0.3 is 9.47 Å². The number of carbonyl (C=O) groups excluding carboxylic acids is 2. The fraction of sp³-hybridized carbons (Fsp3) is 0.440. The highest BCUT2D eigenvalue weighted by Gasteiger charge is 2.21. The summed E-state index contributed by atoms with van der Waals surface area (Å²) >= 11 is 0. The van der Waals surface area contributed by atoms with Crippen LogP contribution in [-0.4, -0.2) is 23.5 Å². The molecule has 0 saturated carbocycles. The van der Waals surface area contributed by atoms with Crippen LogP contribution in [0.4, 0.5) is 5.69 Å². The summed E-state index contributed by atoms with van der Waals surface area (Å²) in [4.78, 5) is 35.9. The first-order chi connectivity index (χ1) is 15.5. The van der Waals surface area contributed by atoms with Gasteiger partial charge in [0.25, 0.3) is 5.69 Å². The van der Waals surface area contributed by atoms with E-state index in [0.29, 0.717) is 17.7 Å². The van der Waals surface area contributed by atoms with Crippen molar-refractivity contribution in [1.82, 2.24) is 0 Å². The molecule has 0 radical (unpaired) electrons. The molecule has 0 aliphatic heterocycles. The lowest BCUT2D eigenvalue weighted by Crippen LogP contribution is -2.15. The number of aryl methyl sites for hydroxylation is 1. The van der Waals surface area contributed by atoms with Crippen LogP contribution < -0.4 is 0 Å². The van der Waals surface area contributed by atoms with Crippen LogP contribution in [0.2, 0.25) is 0 Å². The number of para-hydroxylation sites is 1. The van der Waals surface area contributed by atoms with Crippen LogP contribution in [0.1, 0.15) is 83.7 Å². The zero-order chi connectivity index (χ0) is 23.3. The maximum Gasteiger partial charge on any atom is 0.339 e. The second-order valence-electron chi connectivity index (χ2n) is 7.72. The molecule has 2 aromatic rings. The van der Waals surface area contributed by atoms with E-state index in [0.717, 1.165) is 19.3 Å². The number of rotatable bonds is 13. The minimum absolute atomic E-state index is 0.0763. The number of hydrogen-bond donors (Lipinski definition) is 0. The fourth-order valence-corrected chi connectivity index (χ4v) is 3.46. The second-order valence-corrected chi connectivity index (χ2v) is 7.72. The van der Waals surface area contributed by atoms with E-state index in [-0.39, 0.29) is 23.4 Å². The summed E-state index contributed by atoms with van der Waals surface area (Å²) in [5, 5.41) is 11.3. The van der Waals surface area contributed by atoms with Crippen molar-refractivity contribution in [3.8, 4) is 0 Å². The third kappa shape index (κ3) is 7.48. The molecule has 0 fully saturated rings. The second kappa shape index (κ2) is 13.2. The number of esters is 2. The zero-order valence-corrected chi connectivity index (χ0v) is 18.8. The Bertz CT molecular complexity index is 924. The SMILES string of the molecule is CCCCCCCCCOC(=O)c1ccccc1C(=O)OCc1cccc(C)c1[N+](=O)[O-]. The van der Waals surface area contributed by atoms with Crippen molar-refractivity contribution in [2.45, 2.75) is 65.4 Å². The summed E-state index contributed by atoms with van der Waals surface area (Å²) in [5.74, 6) is -1.31. The molecule has 0 saturated heterocycles. The maximum absolute atomic E-state index is 12.6. The largest absolute Gasteiger partial charge is 0.462 e. The average Bonchev–Trinajstić information content (AvgIpc) is 2.78. The van der Waals surface area contributed by atoms with Crippen molar-refractivity contribution in [2.24, 2.45) is 0 Å². The van der Waals surface area contributed by atoms with Gasteiger partial charge in [-0.15, -0.1) is 0 Å². The molecule has 0 spiro atoms. The number of ether oxygens (including phenoxy) is 2. The number of carbonyl (C=O) groups is 2. The van der Waals surface area contributed by atoms with Crippen LogP contribution >= 0.6 is 0 Å². The third-order valence-corrected chi connectivity index (χ3v) is 5.21. The summed E-state index contributed by atoms with van der Waals surface area (Å²) in [6.45, 7) is 3.84. The van der Waals surface area contributed by atoms with Crippen LogP contribution in [0.5, 0.6) is 0 Å². The maximum atomic E-state index is 12.6. The van der Waals surface area contributed by atoms with Crippen LogP contribution in [-0.2, 0) is 16.1 Å². The Hall–Kier alpha value is -3.22. The van der Waals surface area contributed by atoms with Crippen molar-refractivity contribution >= 4 is 17.6 Å². The number of nitro benzene ring substituents is 1. The average molecular weight is 442 g/mol. The van der Waals surface area contributed by atoms with Crippen molar-refractivity contribution in [3.05, 3.63) is 74.8 Å². The number of hydrogen-bond acceptors (Lipinski definition) is 6. The van der Waals surface area contributed by atoms with Gasteiger partial charge in [-0.05, 0) is 31.5 Å². The van der Waals surface area contributed by atoms with E-state index < -0.39 is 16.9 Å². The highest BCUT2D eigenvalue weighted by molar-refractivity contribution is 6.03. The minimum Gasteiger partial charge on any atom is -0.462 e. The topological polar surface area (TPSA) is 95.7 Å². The lowest BCUT2D eigenvalue weighted by molar-refractivity contribution is -0.386. The number of unbranched alkanes of at least 4 members (excludes halogenated alkanes) is 6. The van der Waals surface area contributed by atoms with E-state index in [9.17, 15) is 19.7 Å². The molecule has 7 heteroatoms. The Morgan fingerprint density at radius 3 is 2.06 bits per heavy atom. The first kappa shape index (κ1) is 25.0. The van der Waals surface area contributed by atoms with Gasteiger partial charge in [-0.25, -0.2) is 9.59 Å². The molecule has 0 heterocycles. The Labute approximate surface area is 188 Å². The zero-order valence-electron chi connectivity index (χ0n) is 18.8. The van der Waals surface area contributed by atoms with Gasteiger partial charge in [-0.3, -0.25) is 10.1 Å². The van der Waals surface area contributed by atoms with E-state index in [1.807, 2.05) is 0 Å². The lowest BCUT2D eigenvalue weighted by atomic mass is 10.1. The standard InChI is InChI=1S/C25H31NO6/c1-3-4-5-6-7-8-11-17-31-24(27)21-15-9-10-16-22(21)25(28)32-18-20-14-12-13-19(2)23(20)26(29)30/h9-10,12-16H,3-8,11,17-18H2,1-2H3. The fourth-order valence-electron chi connectivity index (χ4n) is 3.46. The predicted molar refractivity (Wildman–Crippen MR) is 122 cm³/mol. The van der Waals surface area contributed by atoms with Gasteiger partial charge >= 0.3 is 11.9 Å². The Morgan fingerprint density at radius 2 is 1.44 bits per heavy atom. The van der Waals surface area contributed by atoms with Crippen molar-refractivity contribution in [2.75, 3.05) is 6.61 Å². The monoisotopic (exact) mass is 441 g/mol. The van der Waals surface area contributed by atoms with Crippen molar-refractivity contribution in [1.29, 1.82) is 0 Å². The molecule has 0 atom stereocenters. The first-order valence-electron chi connectivity index (χ1n) is 11.1. The molecule has 0 aliphatic rings. The summed E-state index contributed by atoms with van der Waals surface area (Å²) in [7, 11) is 0. The number of nitrogens with zero attached hydrogens (tertiary/aromatic N) is 1. The van der Waals surface area contributed by atoms with E-state index in [4.69, 9.17) is 9.47 Å². The van der Waals surface area contributed by atoms with Gasteiger partial charge in [-0.1, -0.05) is 69.7 Å². The van der Waals surface area contributed by atoms with Gasteiger partial charge in [0.05, 0.1) is 28.2 Å². The molecule has 0 bridgehead atoms. The Balaban J connectivity index is 1.92. The van der Waals surface area contributed by atoms with E-state index in [1.54, 1.807) is 37.3 Å². The molecule has 0 unspecified atom stereocenters. The van der Waals surface area contributed by atoms with Gasteiger partial charge in [0, 0.05) is 5.56 Å².